The number of carbonyl (C=O) groups excluding carboxylic acids is 2. The summed E-state index contributed by atoms with van der Waals surface area (Å²) in [4.78, 5) is 24.6. The van der Waals surface area contributed by atoms with Gasteiger partial charge in [0.05, 0.1) is 20.3 Å². The zero-order valence-electron chi connectivity index (χ0n) is 11.8. The number of methoxy groups -OCH3 is 2. The Balaban J connectivity index is 2.51. The predicted molar refractivity (Wildman–Crippen MR) is 71.6 cm³/mol. The van der Waals surface area contributed by atoms with Crippen LogP contribution in [0.3, 0.4) is 0 Å². The van der Waals surface area contributed by atoms with Gasteiger partial charge in [-0.15, -0.1) is 0 Å². The molecule has 0 unspecified atom stereocenters. The number of hydrogen-bond acceptors (Lipinski definition) is 5. The van der Waals surface area contributed by atoms with E-state index >= 15 is 0 Å². The second kappa shape index (κ2) is 5.40. The molecular weight excluding hydrogens is 260 g/mol. The topological polar surface area (TPSA) is 72.8 Å². The van der Waals surface area contributed by atoms with Crippen molar-refractivity contribution in [3.05, 3.63) is 24.3 Å². The first kappa shape index (κ1) is 14.8. The zero-order chi connectivity index (χ0) is 14.9. The van der Waals surface area contributed by atoms with Gasteiger partial charge in [0.25, 0.3) is 0 Å². The predicted octanol–water partition coefficient (Wildman–Crippen LogP) is 1.22. The highest BCUT2D eigenvalue weighted by atomic mass is 16.5. The number of aliphatic hydroxyl groups is 1. The van der Waals surface area contributed by atoms with Crippen molar-refractivity contribution < 1.29 is 24.2 Å². The summed E-state index contributed by atoms with van der Waals surface area (Å²) in [5, 5.41) is 10.2. The molecule has 2 rings (SSSR count). The summed E-state index contributed by atoms with van der Waals surface area (Å²) in [5.74, 6) is -1.87. The number of rotatable bonds is 2. The standard InChI is InChI=1S/C15H20O5/c1-9-8-15(13(17)19-2,14(18)20-3)10-6-4-5-7-11(16)12(9)10/h5,7,10-12,16H,1,4,6,8H2,2-3H3/t10-,11-,12-/m1/s1. The molecule has 0 aromatic rings. The maximum atomic E-state index is 12.3. The fourth-order valence-electron chi connectivity index (χ4n) is 3.63. The molecule has 0 saturated heterocycles. The SMILES string of the molecule is C=C1CC(C(=O)OC)(C(=O)OC)[C@@H]2CCC=C[C@@H](O)[C@H]12. The van der Waals surface area contributed by atoms with Gasteiger partial charge in [0.1, 0.15) is 0 Å². The molecule has 0 spiro atoms. The van der Waals surface area contributed by atoms with E-state index in [4.69, 9.17) is 9.47 Å². The Morgan fingerprint density at radius 3 is 2.50 bits per heavy atom. The first-order chi connectivity index (χ1) is 9.48. The fourth-order valence-corrected chi connectivity index (χ4v) is 3.63. The van der Waals surface area contributed by atoms with Crippen molar-refractivity contribution in [3.8, 4) is 0 Å². The number of aliphatic hydroxyl groups excluding tert-OH is 1. The number of esters is 2. The number of allylic oxidation sites excluding steroid dienone is 1. The second-order valence-corrected chi connectivity index (χ2v) is 5.42. The Hall–Kier alpha value is -1.62. The van der Waals surface area contributed by atoms with Crippen LogP contribution in [0.25, 0.3) is 0 Å². The van der Waals surface area contributed by atoms with E-state index in [9.17, 15) is 14.7 Å². The molecule has 0 heterocycles. The minimum atomic E-state index is -1.38. The maximum absolute atomic E-state index is 12.3. The lowest BCUT2D eigenvalue weighted by atomic mass is 9.72. The molecule has 1 fully saturated rings. The molecular formula is C15H20O5. The van der Waals surface area contributed by atoms with E-state index in [1.54, 1.807) is 6.08 Å². The lowest BCUT2D eigenvalue weighted by molar-refractivity contribution is -0.173. The van der Waals surface area contributed by atoms with Crippen molar-refractivity contribution in [2.45, 2.75) is 25.4 Å². The van der Waals surface area contributed by atoms with Crippen LogP contribution in [0.4, 0.5) is 0 Å². The van der Waals surface area contributed by atoms with Crippen LogP contribution in [0.1, 0.15) is 19.3 Å². The Bertz CT molecular complexity index is 449. The van der Waals surface area contributed by atoms with Crippen molar-refractivity contribution in [1.29, 1.82) is 0 Å². The third-order valence-corrected chi connectivity index (χ3v) is 4.49. The molecule has 0 aliphatic heterocycles. The van der Waals surface area contributed by atoms with Crippen LogP contribution >= 0.6 is 0 Å². The van der Waals surface area contributed by atoms with Crippen LogP contribution in [0.15, 0.2) is 24.3 Å². The Morgan fingerprint density at radius 1 is 1.35 bits per heavy atom. The van der Waals surface area contributed by atoms with Gasteiger partial charge in [-0.25, -0.2) is 0 Å². The van der Waals surface area contributed by atoms with Gasteiger partial charge in [-0.3, -0.25) is 9.59 Å². The van der Waals surface area contributed by atoms with Crippen LogP contribution in [0.2, 0.25) is 0 Å². The molecule has 1 N–H and O–H groups in total. The molecule has 3 atom stereocenters. The number of carbonyl (C=O) groups is 2. The summed E-state index contributed by atoms with van der Waals surface area (Å²) in [6.45, 7) is 3.95. The van der Waals surface area contributed by atoms with Crippen LogP contribution < -0.4 is 0 Å². The summed E-state index contributed by atoms with van der Waals surface area (Å²) < 4.78 is 9.70. The van der Waals surface area contributed by atoms with Gasteiger partial charge in [0, 0.05) is 5.92 Å². The van der Waals surface area contributed by atoms with Crippen LogP contribution in [-0.2, 0) is 19.1 Å². The number of hydrogen-bond donors (Lipinski definition) is 1. The van der Waals surface area contributed by atoms with E-state index < -0.39 is 23.5 Å². The van der Waals surface area contributed by atoms with Crippen LogP contribution in [0.5, 0.6) is 0 Å². The van der Waals surface area contributed by atoms with Gasteiger partial charge in [-0.1, -0.05) is 24.3 Å². The highest BCUT2D eigenvalue weighted by Crippen LogP contribution is 2.55. The minimum Gasteiger partial charge on any atom is -0.468 e. The van der Waals surface area contributed by atoms with Crippen molar-refractivity contribution in [3.63, 3.8) is 0 Å². The van der Waals surface area contributed by atoms with Crippen LogP contribution in [0, 0.1) is 17.3 Å². The smallest absolute Gasteiger partial charge is 0.323 e. The number of fused-ring (bicyclic) bond motifs is 1. The molecule has 0 aromatic heterocycles. The third-order valence-electron chi connectivity index (χ3n) is 4.49. The minimum absolute atomic E-state index is 0.173. The van der Waals surface area contributed by atoms with Gasteiger partial charge in [-0.05, 0) is 25.2 Å². The molecule has 5 heteroatoms. The monoisotopic (exact) mass is 280 g/mol. The van der Waals surface area contributed by atoms with E-state index in [0.29, 0.717) is 18.4 Å². The highest BCUT2D eigenvalue weighted by molar-refractivity contribution is 6.01. The quantitative estimate of drug-likeness (QED) is 0.468. The fraction of sp³-hybridized carbons (Fsp3) is 0.600. The lowest BCUT2D eigenvalue weighted by Crippen LogP contribution is -2.46. The van der Waals surface area contributed by atoms with E-state index in [2.05, 4.69) is 6.58 Å². The van der Waals surface area contributed by atoms with Gasteiger partial charge in [0.15, 0.2) is 5.41 Å². The summed E-state index contributed by atoms with van der Waals surface area (Å²) >= 11 is 0. The first-order valence-electron chi connectivity index (χ1n) is 6.68. The molecule has 110 valence electrons. The average molecular weight is 280 g/mol. The molecule has 0 radical (unpaired) electrons. The molecule has 20 heavy (non-hydrogen) atoms. The van der Waals surface area contributed by atoms with E-state index in [1.165, 1.54) is 14.2 Å². The average Bonchev–Trinajstić information content (AvgIpc) is 2.60. The summed E-state index contributed by atoms with van der Waals surface area (Å²) in [6.07, 6.45) is 4.33. The Labute approximate surface area is 118 Å². The van der Waals surface area contributed by atoms with Crippen molar-refractivity contribution in [1.82, 2.24) is 0 Å². The normalized spacial score (nSPS) is 31.4. The van der Waals surface area contributed by atoms with Gasteiger partial charge in [-0.2, -0.15) is 0 Å². The molecule has 0 aromatic carbocycles. The Morgan fingerprint density at radius 2 is 1.95 bits per heavy atom. The zero-order valence-corrected chi connectivity index (χ0v) is 11.8. The largest absolute Gasteiger partial charge is 0.468 e. The molecule has 0 amide bonds. The Kier molecular flexibility index (Phi) is 3.99. The molecule has 2 aliphatic rings. The highest BCUT2D eigenvalue weighted by Gasteiger charge is 2.62. The summed E-state index contributed by atoms with van der Waals surface area (Å²) in [5.41, 5.74) is -0.678. The van der Waals surface area contributed by atoms with Crippen molar-refractivity contribution in [2.24, 2.45) is 17.3 Å². The molecule has 0 bridgehead atoms. The van der Waals surface area contributed by atoms with Crippen LogP contribution in [-0.4, -0.2) is 37.4 Å². The first-order valence-corrected chi connectivity index (χ1v) is 6.68. The van der Waals surface area contributed by atoms with Gasteiger partial charge < -0.3 is 14.6 Å². The van der Waals surface area contributed by atoms with E-state index in [-0.39, 0.29) is 18.3 Å². The molecule has 1 saturated carbocycles. The second-order valence-electron chi connectivity index (χ2n) is 5.42. The van der Waals surface area contributed by atoms with Crippen molar-refractivity contribution >= 4 is 11.9 Å². The summed E-state index contributed by atoms with van der Waals surface area (Å²) in [6, 6.07) is 0. The van der Waals surface area contributed by atoms with E-state index in [1.807, 2.05) is 6.08 Å². The van der Waals surface area contributed by atoms with Crippen molar-refractivity contribution in [2.75, 3.05) is 14.2 Å². The lowest BCUT2D eigenvalue weighted by Gasteiger charge is -2.32. The number of ether oxygens (including phenoxy) is 2. The molecule has 5 nitrogen and oxygen atoms in total. The van der Waals surface area contributed by atoms with Gasteiger partial charge in [0.2, 0.25) is 0 Å². The van der Waals surface area contributed by atoms with Gasteiger partial charge >= 0.3 is 11.9 Å². The summed E-state index contributed by atoms with van der Waals surface area (Å²) in [7, 11) is 2.52. The third kappa shape index (κ3) is 1.97. The van der Waals surface area contributed by atoms with E-state index in [0.717, 1.165) is 0 Å². The molecule has 2 aliphatic carbocycles. The maximum Gasteiger partial charge on any atom is 0.323 e.